The second-order valence-electron chi connectivity index (χ2n) is 3.62. The predicted molar refractivity (Wildman–Crippen MR) is 70.1 cm³/mol. The van der Waals surface area contributed by atoms with Gasteiger partial charge in [-0.2, -0.15) is 0 Å². The number of carbonyl (C=O) groups excluding carboxylic acids is 1. The van der Waals surface area contributed by atoms with Crippen LogP contribution in [0.25, 0.3) is 0 Å². The number of nitrogens with one attached hydrogen (secondary N) is 1. The molecule has 0 heterocycles. The summed E-state index contributed by atoms with van der Waals surface area (Å²) >= 11 is 0. The van der Waals surface area contributed by atoms with Gasteiger partial charge in [-0.05, 0) is 18.1 Å². The van der Waals surface area contributed by atoms with E-state index in [-0.39, 0.29) is 5.91 Å². The first-order valence-corrected chi connectivity index (χ1v) is 5.61. The first kappa shape index (κ1) is 13.2. The van der Waals surface area contributed by atoms with Gasteiger partial charge in [0.2, 0.25) is 5.91 Å². The number of benzene rings is 1. The van der Waals surface area contributed by atoms with Crippen molar-refractivity contribution in [3.8, 4) is 0 Å². The van der Waals surface area contributed by atoms with E-state index in [9.17, 15) is 4.79 Å². The van der Waals surface area contributed by atoms with Crippen molar-refractivity contribution in [1.29, 1.82) is 0 Å². The topological polar surface area (TPSA) is 55.1 Å². The lowest BCUT2D eigenvalue weighted by Gasteiger charge is -2.03. The van der Waals surface area contributed by atoms with Crippen LogP contribution in [-0.2, 0) is 17.9 Å². The summed E-state index contributed by atoms with van der Waals surface area (Å²) in [6, 6.07) is 7.88. The van der Waals surface area contributed by atoms with E-state index < -0.39 is 0 Å². The van der Waals surface area contributed by atoms with Crippen LogP contribution >= 0.6 is 0 Å². The van der Waals surface area contributed by atoms with Crippen LogP contribution in [0.4, 0.5) is 0 Å². The number of rotatable bonds is 5. The molecule has 90 valence electrons. The summed E-state index contributed by atoms with van der Waals surface area (Å²) < 4.78 is 0. The molecule has 3 nitrogen and oxygen atoms in total. The average Bonchev–Trinajstić information content (AvgIpc) is 2.37. The Hall–Kier alpha value is -1.87. The van der Waals surface area contributed by atoms with Crippen molar-refractivity contribution in [2.45, 2.75) is 20.0 Å². The lowest BCUT2D eigenvalue weighted by molar-refractivity contribution is -0.116. The SMILES string of the molecule is C/C=C/C=CC(=O)NCc1ccc(CN)cc1. The standard InChI is InChI=1S/C14H18N2O/c1-2-3-4-5-14(17)16-11-13-8-6-12(10-15)7-9-13/h2-9H,10-11,15H2,1H3,(H,16,17)/b3-2+,5-4?. The first-order chi connectivity index (χ1) is 8.26. The highest BCUT2D eigenvalue weighted by Crippen LogP contribution is 2.03. The van der Waals surface area contributed by atoms with Crippen molar-refractivity contribution < 1.29 is 4.79 Å². The monoisotopic (exact) mass is 230 g/mol. The largest absolute Gasteiger partial charge is 0.348 e. The Morgan fingerprint density at radius 1 is 1.24 bits per heavy atom. The maximum atomic E-state index is 11.4. The summed E-state index contributed by atoms with van der Waals surface area (Å²) in [7, 11) is 0. The van der Waals surface area contributed by atoms with E-state index in [1.165, 1.54) is 6.08 Å². The third kappa shape index (κ3) is 5.13. The molecule has 0 fully saturated rings. The molecular weight excluding hydrogens is 212 g/mol. The van der Waals surface area contributed by atoms with Gasteiger partial charge in [0, 0.05) is 19.2 Å². The number of hydrogen-bond acceptors (Lipinski definition) is 2. The van der Waals surface area contributed by atoms with Crippen LogP contribution in [-0.4, -0.2) is 5.91 Å². The number of amides is 1. The van der Waals surface area contributed by atoms with Crippen LogP contribution in [0.2, 0.25) is 0 Å². The fourth-order valence-electron chi connectivity index (χ4n) is 1.30. The molecule has 3 heteroatoms. The van der Waals surface area contributed by atoms with Crippen LogP contribution in [0.5, 0.6) is 0 Å². The van der Waals surface area contributed by atoms with Crippen molar-refractivity contribution in [2.24, 2.45) is 5.73 Å². The molecule has 0 saturated carbocycles. The fourth-order valence-corrected chi connectivity index (χ4v) is 1.30. The summed E-state index contributed by atoms with van der Waals surface area (Å²) in [6.07, 6.45) is 6.91. The minimum Gasteiger partial charge on any atom is -0.348 e. The zero-order chi connectivity index (χ0) is 12.5. The second-order valence-corrected chi connectivity index (χ2v) is 3.62. The van der Waals surface area contributed by atoms with Gasteiger partial charge in [-0.3, -0.25) is 4.79 Å². The molecule has 0 aliphatic rings. The molecule has 0 radical (unpaired) electrons. The zero-order valence-electron chi connectivity index (χ0n) is 10.0. The summed E-state index contributed by atoms with van der Waals surface area (Å²) in [5, 5.41) is 2.80. The smallest absolute Gasteiger partial charge is 0.244 e. The normalized spacial score (nSPS) is 11.2. The Bertz CT molecular complexity index is 405. The number of allylic oxidation sites excluding steroid dienone is 3. The van der Waals surface area contributed by atoms with E-state index in [0.29, 0.717) is 13.1 Å². The Balaban J connectivity index is 2.41. The van der Waals surface area contributed by atoms with Gasteiger partial charge in [-0.25, -0.2) is 0 Å². The van der Waals surface area contributed by atoms with Gasteiger partial charge < -0.3 is 11.1 Å². The van der Waals surface area contributed by atoms with Gasteiger partial charge in [0.1, 0.15) is 0 Å². The van der Waals surface area contributed by atoms with Crippen LogP contribution in [0.3, 0.4) is 0 Å². The molecule has 0 aromatic heterocycles. The lowest BCUT2D eigenvalue weighted by Crippen LogP contribution is -2.20. The minimum atomic E-state index is -0.0917. The third-order valence-electron chi connectivity index (χ3n) is 2.28. The molecular formula is C14H18N2O. The zero-order valence-corrected chi connectivity index (χ0v) is 10.0. The van der Waals surface area contributed by atoms with E-state index >= 15 is 0 Å². The molecule has 0 bridgehead atoms. The first-order valence-electron chi connectivity index (χ1n) is 5.61. The van der Waals surface area contributed by atoms with Gasteiger partial charge in [0.25, 0.3) is 0 Å². The van der Waals surface area contributed by atoms with Crippen LogP contribution in [0, 0.1) is 0 Å². The third-order valence-corrected chi connectivity index (χ3v) is 2.28. The predicted octanol–water partition coefficient (Wildman–Crippen LogP) is 1.89. The molecule has 1 aromatic rings. The summed E-state index contributed by atoms with van der Waals surface area (Å²) in [5.41, 5.74) is 7.66. The van der Waals surface area contributed by atoms with Crippen molar-refractivity contribution in [3.05, 3.63) is 59.7 Å². The molecule has 0 saturated heterocycles. The highest BCUT2D eigenvalue weighted by atomic mass is 16.1. The van der Waals surface area contributed by atoms with Crippen LogP contribution in [0.15, 0.2) is 48.6 Å². The Labute approximate surface area is 102 Å². The van der Waals surface area contributed by atoms with E-state index in [2.05, 4.69) is 5.32 Å². The fraction of sp³-hybridized carbons (Fsp3) is 0.214. The average molecular weight is 230 g/mol. The van der Waals surface area contributed by atoms with Gasteiger partial charge >= 0.3 is 0 Å². The van der Waals surface area contributed by atoms with Crippen molar-refractivity contribution in [2.75, 3.05) is 0 Å². The molecule has 0 atom stereocenters. The highest BCUT2D eigenvalue weighted by molar-refractivity contribution is 5.87. The van der Waals surface area contributed by atoms with E-state index in [0.717, 1.165) is 11.1 Å². The lowest BCUT2D eigenvalue weighted by atomic mass is 10.1. The highest BCUT2D eigenvalue weighted by Gasteiger charge is 1.96. The molecule has 1 amide bonds. The second kappa shape index (κ2) is 7.41. The van der Waals surface area contributed by atoms with Crippen molar-refractivity contribution >= 4 is 5.91 Å². The molecule has 1 aromatic carbocycles. The summed E-state index contributed by atoms with van der Waals surface area (Å²) in [5.74, 6) is -0.0917. The quantitative estimate of drug-likeness (QED) is 0.599. The molecule has 0 spiro atoms. The summed E-state index contributed by atoms with van der Waals surface area (Å²) in [6.45, 7) is 2.98. The molecule has 3 N–H and O–H groups in total. The molecule has 0 aliphatic heterocycles. The van der Waals surface area contributed by atoms with Gasteiger partial charge in [0.15, 0.2) is 0 Å². The molecule has 0 unspecified atom stereocenters. The minimum absolute atomic E-state index is 0.0917. The van der Waals surface area contributed by atoms with E-state index in [4.69, 9.17) is 5.73 Å². The number of carbonyl (C=O) groups is 1. The molecule has 0 aliphatic carbocycles. The van der Waals surface area contributed by atoms with Gasteiger partial charge in [0.05, 0.1) is 0 Å². The summed E-state index contributed by atoms with van der Waals surface area (Å²) in [4.78, 5) is 11.4. The van der Waals surface area contributed by atoms with Crippen molar-refractivity contribution in [3.63, 3.8) is 0 Å². The van der Waals surface area contributed by atoms with Crippen LogP contribution < -0.4 is 11.1 Å². The Kier molecular flexibility index (Phi) is 5.75. The van der Waals surface area contributed by atoms with Crippen LogP contribution in [0.1, 0.15) is 18.1 Å². The maximum Gasteiger partial charge on any atom is 0.244 e. The molecule has 1 rings (SSSR count). The number of nitrogens with two attached hydrogens (primary N) is 1. The van der Waals surface area contributed by atoms with E-state index in [1.807, 2.05) is 43.3 Å². The van der Waals surface area contributed by atoms with Gasteiger partial charge in [-0.1, -0.05) is 42.5 Å². The maximum absolute atomic E-state index is 11.4. The van der Waals surface area contributed by atoms with Crippen molar-refractivity contribution in [1.82, 2.24) is 5.32 Å². The van der Waals surface area contributed by atoms with E-state index in [1.54, 1.807) is 6.08 Å². The number of hydrogen-bond donors (Lipinski definition) is 2. The Morgan fingerprint density at radius 3 is 2.47 bits per heavy atom. The van der Waals surface area contributed by atoms with Gasteiger partial charge in [-0.15, -0.1) is 0 Å². The molecule has 17 heavy (non-hydrogen) atoms. The Morgan fingerprint density at radius 2 is 1.88 bits per heavy atom.